The first kappa shape index (κ1) is 14.5. The minimum absolute atomic E-state index is 0.128. The molecule has 1 aromatic rings. The third-order valence-corrected chi connectivity index (χ3v) is 2.19. The Morgan fingerprint density at radius 3 is 2.50 bits per heavy atom. The summed E-state index contributed by atoms with van der Waals surface area (Å²) in [5, 5.41) is 9.16. The van der Waals surface area contributed by atoms with Gasteiger partial charge in [-0.25, -0.2) is 4.79 Å². The maximum absolute atomic E-state index is 11.8. The van der Waals surface area contributed by atoms with Crippen LogP contribution in [0.4, 0.5) is 0 Å². The molecule has 1 rings (SSSR count). The van der Waals surface area contributed by atoms with Crippen molar-refractivity contribution in [2.75, 3.05) is 0 Å². The minimum atomic E-state index is -0.711. The molecule has 18 heavy (non-hydrogen) atoms. The van der Waals surface area contributed by atoms with Crippen molar-refractivity contribution in [3.63, 3.8) is 0 Å². The Balaban J connectivity index is 2.69. The number of hydrogen-bond donors (Lipinski definition) is 1. The minimum Gasteiger partial charge on any atom is -0.479 e. The Morgan fingerprint density at radius 1 is 1.33 bits per heavy atom. The molecular formula is C14H20O4. The van der Waals surface area contributed by atoms with Crippen molar-refractivity contribution in [3.8, 4) is 5.75 Å². The van der Waals surface area contributed by atoms with Crippen molar-refractivity contribution in [1.82, 2.24) is 0 Å². The van der Waals surface area contributed by atoms with Gasteiger partial charge in [0.1, 0.15) is 11.4 Å². The van der Waals surface area contributed by atoms with Crippen molar-refractivity contribution >= 4 is 5.97 Å². The lowest BCUT2D eigenvalue weighted by Crippen LogP contribution is -2.33. The molecule has 0 saturated heterocycles. The summed E-state index contributed by atoms with van der Waals surface area (Å²) in [7, 11) is 0. The Morgan fingerprint density at radius 2 is 1.94 bits per heavy atom. The van der Waals surface area contributed by atoms with Crippen LogP contribution < -0.4 is 4.74 Å². The van der Waals surface area contributed by atoms with Crippen LogP contribution >= 0.6 is 0 Å². The molecule has 1 atom stereocenters. The second-order valence-corrected chi connectivity index (χ2v) is 5.06. The summed E-state index contributed by atoms with van der Waals surface area (Å²) in [5.41, 5.74) is 0.110. The fourth-order valence-electron chi connectivity index (χ4n) is 1.37. The highest BCUT2D eigenvalue weighted by Crippen LogP contribution is 2.20. The SMILES string of the molecule is CC(Oc1ccccc1CO)C(=O)OC(C)(C)C. The molecule has 0 aromatic heterocycles. The smallest absolute Gasteiger partial charge is 0.347 e. The van der Waals surface area contributed by atoms with Gasteiger partial charge in [-0.05, 0) is 33.8 Å². The molecule has 4 nitrogen and oxygen atoms in total. The third kappa shape index (κ3) is 4.37. The molecule has 1 aromatic carbocycles. The molecule has 0 radical (unpaired) electrons. The van der Waals surface area contributed by atoms with Crippen LogP contribution in [-0.4, -0.2) is 22.8 Å². The molecule has 0 spiro atoms. The Kier molecular flexibility index (Phi) is 4.73. The van der Waals surface area contributed by atoms with E-state index in [-0.39, 0.29) is 6.61 Å². The van der Waals surface area contributed by atoms with E-state index in [2.05, 4.69) is 0 Å². The van der Waals surface area contributed by atoms with Gasteiger partial charge in [-0.1, -0.05) is 18.2 Å². The summed E-state index contributed by atoms with van der Waals surface area (Å²) >= 11 is 0. The zero-order chi connectivity index (χ0) is 13.8. The fraction of sp³-hybridized carbons (Fsp3) is 0.500. The van der Waals surface area contributed by atoms with Crippen LogP contribution in [-0.2, 0) is 16.1 Å². The van der Waals surface area contributed by atoms with E-state index in [1.165, 1.54) is 0 Å². The van der Waals surface area contributed by atoms with Gasteiger partial charge in [0.25, 0.3) is 0 Å². The molecule has 0 aliphatic rings. The molecule has 0 amide bonds. The van der Waals surface area contributed by atoms with Crippen LogP contribution in [0.1, 0.15) is 33.3 Å². The van der Waals surface area contributed by atoms with Gasteiger partial charge >= 0.3 is 5.97 Å². The molecule has 0 aliphatic carbocycles. The monoisotopic (exact) mass is 252 g/mol. The molecule has 0 fully saturated rings. The molecule has 1 unspecified atom stereocenters. The summed E-state index contributed by atoms with van der Waals surface area (Å²) in [5.74, 6) is 0.0774. The number of carbonyl (C=O) groups is 1. The highest BCUT2D eigenvalue weighted by molar-refractivity contribution is 5.75. The fourth-order valence-corrected chi connectivity index (χ4v) is 1.37. The van der Waals surface area contributed by atoms with Crippen LogP contribution in [0, 0.1) is 0 Å². The summed E-state index contributed by atoms with van der Waals surface area (Å²) < 4.78 is 10.7. The lowest BCUT2D eigenvalue weighted by molar-refractivity contribution is -0.162. The van der Waals surface area contributed by atoms with Gasteiger partial charge in [0.2, 0.25) is 0 Å². The maximum atomic E-state index is 11.8. The van der Waals surface area contributed by atoms with Gasteiger partial charge in [-0.3, -0.25) is 0 Å². The van der Waals surface area contributed by atoms with E-state index in [1.54, 1.807) is 52.0 Å². The van der Waals surface area contributed by atoms with Crippen LogP contribution in [0.25, 0.3) is 0 Å². The summed E-state index contributed by atoms with van der Waals surface area (Å²) in [6.07, 6.45) is -0.711. The van der Waals surface area contributed by atoms with E-state index < -0.39 is 17.7 Å². The highest BCUT2D eigenvalue weighted by Gasteiger charge is 2.23. The summed E-state index contributed by atoms with van der Waals surface area (Å²) in [6, 6.07) is 7.05. The van der Waals surface area contributed by atoms with Gasteiger partial charge in [0.05, 0.1) is 6.61 Å². The summed E-state index contributed by atoms with van der Waals surface area (Å²) in [4.78, 5) is 11.8. The topological polar surface area (TPSA) is 55.8 Å². The van der Waals surface area contributed by atoms with E-state index in [0.29, 0.717) is 11.3 Å². The predicted molar refractivity (Wildman–Crippen MR) is 68.3 cm³/mol. The molecule has 0 saturated carbocycles. The van der Waals surface area contributed by atoms with E-state index in [1.807, 2.05) is 0 Å². The quantitative estimate of drug-likeness (QED) is 0.835. The molecular weight excluding hydrogens is 232 g/mol. The lowest BCUT2D eigenvalue weighted by atomic mass is 10.2. The van der Waals surface area contributed by atoms with Crippen LogP contribution in [0.3, 0.4) is 0 Å². The van der Waals surface area contributed by atoms with Gasteiger partial charge in [-0.2, -0.15) is 0 Å². The van der Waals surface area contributed by atoms with Gasteiger partial charge in [0.15, 0.2) is 6.10 Å². The predicted octanol–water partition coefficient (Wildman–Crippen LogP) is 2.29. The molecule has 1 N–H and O–H groups in total. The number of rotatable bonds is 4. The lowest BCUT2D eigenvalue weighted by Gasteiger charge is -2.23. The van der Waals surface area contributed by atoms with Crippen molar-refractivity contribution in [1.29, 1.82) is 0 Å². The van der Waals surface area contributed by atoms with Gasteiger partial charge in [0, 0.05) is 5.56 Å². The van der Waals surface area contributed by atoms with Crippen LogP contribution in [0.5, 0.6) is 5.75 Å². The third-order valence-electron chi connectivity index (χ3n) is 2.19. The zero-order valence-electron chi connectivity index (χ0n) is 11.3. The number of para-hydroxylation sites is 1. The van der Waals surface area contributed by atoms with Crippen molar-refractivity contribution in [2.24, 2.45) is 0 Å². The van der Waals surface area contributed by atoms with E-state index >= 15 is 0 Å². The normalized spacial score (nSPS) is 12.9. The number of hydrogen-bond acceptors (Lipinski definition) is 4. The number of benzene rings is 1. The second kappa shape index (κ2) is 5.87. The molecule has 4 heteroatoms. The first-order valence-corrected chi connectivity index (χ1v) is 5.92. The molecule has 0 bridgehead atoms. The van der Waals surface area contributed by atoms with Crippen molar-refractivity contribution in [2.45, 2.75) is 46.0 Å². The number of carbonyl (C=O) groups excluding carboxylic acids is 1. The van der Waals surface area contributed by atoms with Crippen molar-refractivity contribution < 1.29 is 19.4 Å². The average molecular weight is 252 g/mol. The number of ether oxygens (including phenoxy) is 2. The van der Waals surface area contributed by atoms with Crippen molar-refractivity contribution in [3.05, 3.63) is 29.8 Å². The molecule has 0 heterocycles. The number of aliphatic hydroxyl groups is 1. The van der Waals surface area contributed by atoms with E-state index in [0.717, 1.165) is 0 Å². The average Bonchev–Trinajstić information content (AvgIpc) is 2.27. The molecule has 100 valence electrons. The Labute approximate surface area is 108 Å². The Hall–Kier alpha value is -1.55. The van der Waals surface area contributed by atoms with Crippen LogP contribution in [0.15, 0.2) is 24.3 Å². The first-order valence-electron chi connectivity index (χ1n) is 5.92. The highest BCUT2D eigenvalue weighted by atomic mass is 16.6. The maximum Gasteiger partial charge on any atom is 0.347 e. The van der Waals surface area contributed by atoms with Gasteiger partial charge in [-0.15, -0.1) is 0 Å². The van der Waals surface area contributed by atoms with Gasteiger partial charge < -0.3 is 14.6 Å². The number of esters is 1. The first-order chi connectivity index (χ1) is 8.33. The number of aliphatic hydroxyl groups excluding tert-OH is 1. The zero-order valence-corrected chi connectivity index (χ0v) is 11.3. The standard InChI is InChI=1S/C14H20O4/c1-10(13(16)18-14(2,3)4)17-12-8-6-5-7-11(12)9-15/h5-8,10,15H,9H2,1-4H3. The second-order valence-electron chi connectivity index (χ2n) is 5.06. The van der Waals surface area contributed by atoms with E-state index in [9.17, 15) is 4.79 Å². The Bertz CT molecular complexity index is 407. The molecule has 0 aliphatic heterocycles. The summed E-state index contributed by atoms with van der Waals surface area (Å²) in [6.45, 7) is 6.91. The van der Waals surface area contributed by atoms with Crippen LogP contribution in [0.2, 0.25) is 0 Å². The van der Waals surface area contributed by atoms with E-state index in [4.69, 9.17) is 14.6 Å². The largest absolute Gasteiger partial charge is 0.479 e.